The fraction of sp³-hybridized carbons (Fsp3) is 0.444. The Morgan fingerprint density at radius 3 is 2.69 bits per heavy atom. The molecule has 1 saturated heterocycles. The molecule has 3 heterocycles. The van der Waals surface area contributed by atoms with Gasteiger partial charge in [-0.1, -0.05) is 11.2 Å². The molecule has 156 valence electrons. The normalized spacial score (nSPS) is 20.4. The van der Waals surface area contributed by atoms with Crippen molar-refractivity contribution < 1.29 is 26.9 Å². The second-order valence-electron chi connectivity index (χ2n) is 6.93. The summed E-state index contributed by atoms with van der Waals surface area (Å²) in [6.07, 6.45) is 2.81. The highest BCUT2D eigenvalue weighted by Gasteiger charge is 2.27. The van der Waals surface area contributed by atoms with Gasteiger partial charge in [0.2, 0.25) is 10.0 Å². The summed E-state index contributed by atoms with van der Waals surface area (Å²) >= 11 is 0. The summed E-state index contributed by atoms with van der Waals surface area (Å²) < 4.78 is 49.5. The van der Waals surface area contributed by atoms with E-state index in [4.69, 9.17) is 14.1 Å². The number of halogens is 1. The number of hydrogen-bond donors (Lipinski definition) is 0. The minimum atomic E-state index is -3.22. The van der Waals surface area contributed by atoms with E-state index in [0.29, 0.717) is 55.4 Å². The number of aromatic nitrogens is 1. The Kier molecular flexibility index (Phi) is 5.41. The van der Waals surface area contributed by atoms with E-state index in [1.54, 1.807) is 18.2 Å². The molecule has 11 heteroatoms. The summed E-state index contributed by atoms with van der Waals surface area (Å²) in [6, 6.07) is 6.52. The molecule has 0 N–H and O–H groups in total. The number of rotatable bonds is 6. The summed E-state index contributed by atoms with van der Waals surface area (Å²) in [4.78, 5) is 7.21. The molecule has 1 aromatic heterocycles. The van der Waals surface area contributed by atoms with Crippen LogP contribution in [0.3, 0.4) is 0 Å². The van der Waals surface area contributed by atoms with Crippen molar-refractivity contribution in [1.29, 1.82) is 0 Å². The van der Waals surface area contributed by atoms with Crippen LogP contribution in [0.15, 0.2) is 40.2 Å². The maximum absolute atomic E-state index is 14.7. The molecule has 1 atom stereocenters. The molecule has 2 aromatic rings. The zero-order chi connectivity index (χ0) is 20.4. The molecule has 0 saturated carbocycles. The predicted octanol–water partition coefficient (Wildman–Crippen LogP) is 1.47. The van der Waals surface area contributed by atoms with Crippen LogP contribution >= 0.6 is 0 Å². The van der Waals surface area contributed by atoms with Crippen LogP contribution in [0.5, 0.6) is 5.88 Å². The molecule has 0 bridgehead atoms. The van der Waals surface area contributed by atoms with Crippen molar-refractivity contribution in [3.05, 3.63) is 41.9 Å². The predicted molar refractivity (Wildman–Crippen MR) is 103 cm³/mol. The molecule has 0 amide bonds. The average molecular weight is 424 g/mol. The van der Waals surface area contributed by atoms with Gasteiger partial charge in [-0.25, -0.2) is 12.8 Å². The van der Waals surface area contributed by atoms with Gasteiger partial charge >= 0.3 is 0 Å². The lowest BCUT2D eigenvalue weighted by molar-refractivity contribution is 0.0446. The Balaban J connectivity index is 1.35. The van der Waals surface area contributed by atoms with E-state index in [1.807, 2.05) is 4.90 Å². The SMILES string of the molecule is CS(=O)(=O)N1CCN(c2ccc(C3=NOC(COc4ccon4)C3)cc2F)CC1. The van der Waals surface area contributed by atoms with Crippen molar-refractivity contribution in [3.63, 3.8) is 0 Å². The van der Waals surface area contributed by atoms with Crippen molar-refractivity contribution >= 4 is 21.4 Å². The highest BCUT2D eigenvalue weighted by Crippen LogP contribution is 2.25. The van der Waals surface area contributed by atoms with Crippen LogP contribution in [-0.2, 0) is 14.9 Å². The molecule has 29 heavy (non-hydrogen) atoms. The topological polar surface area (TPSA) is 97.5 Å². The molecule has 2 aliphatic rings. The number of benzene rings is 1. The first-order valence-corrected chi connectivity index (χ1v) is 11.0. The summed E-state index contributed by atoms with van der Waals surface area (Å²) in [6.45, 7) is 1.82. The fourth-order valence-electron chi connectivity index (χ4n) is 3.35. The van der Waals surface area contributed by atoms with Gasteiger partial charge in [0.15, 0.2) is 6.10 Å². The lowest BCUT2D eigenvalue weighted by Crippen LogP contribution is -2.48. The second kappa shape index (κ2) is 7.99. The van der Waals surface area contributed by atoms with Crippen LogP contribution in [0, 0.1) is 5.82 Å². The van der Waals surface area contributed by atoms with Gasteiger partial charge in [0.05, 0.1) is 17.7 Å². The maximum Gasteiger partial charge on any atom is 0.254 e. The summed E-state index contributed by atoms with van der Waals surface area (Å²) in [5.41, 5.74) is 1.74. The van der Waals surface area contributed by atoms with E-state index in [0.717, 1.165) is 0 Å². The minimum absolute atomic E-state index is 0.255. The molecule has 1 unspecified atom stereocenters. The standard InChI is InChI=1S/C18H21FN4O5S/c1-29(24,25)23-7-5-22(6-8-23)17-3-2-13(10-15(17)19)16-11-14(28-20-16)12-26-18-4-9-27-21-18/h2-4,9-10,14H,5-8,11-12H2,1H3. The van der Waals surface area contributed by atoms with Crippen LogP contribution in [0.25, 0.3) is 0 Å². The molecule has 1 aromatic carbocycles. The Hall–Kier alpha value is -2.66. The van der Waals surface area contributed by atoms with E-state index < -0.39 is 10.0 Å². The van der Waals surface area contributed by atoms with Crippen LogP contribution in [0.1, 0.15) is 12.0 Å². The molecular weight excluding hydrogens is 403 g/mol. The Labute approximate surface area is 167 Å². The Bertz CT molecular complexity index is 988. The van der Waals surface area contributed by atoms with Gasteiger partial charge in [-0.05, 0) is 17.3 Å². The fourth-order valence-corrected chi connectivity index (χ4v) is 4.17. The quantitative estimate of drug-likeness (QED) is 0.693. The van der Waals surface area contributed by atoms with Gasteiger partial charge in [0.25, 0.3) is 5.88 Å². The average Bonchev–Trinajstić information content (AvgIpc) is 3.38. The molecule has 0 spiro atoms. The Morgan fingerprint density at radius 1 is 1.24 bits per heavy atom. The first kappa shape index (κ1) is 19.6. The van der Waals surface area contributed by atoms with Crippen LogP contribution in [-0.4, -0.2) is 68.7 Å². The number of piperazine rings is 1. The van der Waals surface area contributed by atoms with Gasteiger partial charge in [0, 0.05) is 44.2 Å². The third-order valence-corrected chi connectivity index (χ3v) is 6.20. The first-order chi connectivity index (χ1) is 13.9. The molecule has 1 fully saturated rings. The maximum atomic E-state index is 14.7. The molecule has 0 aliphatic carbocycles. The van der Waals surface area contributed by atoms with E-state index in [-0.39, 0.29) is 18.5 Å². The van der Waals surface area contributed by atoms with E-state index in [1.165, 1.54) is 22.9 Å². The first-order valence-electron chi connectivity index (χ1n) is 9.16. The number of anilines is 1. The highest BCUT2D eigenvalue weighted by atomic mass is 32.2. The number of hydrogen-bond acceptors (Lipinski definition) is 8. The van der Waals surface area contributed by atoms with Crippen molar-refractivity contribution in [3.8, 4) is 5.88 Å². The van der Waals surface area contributed by atoms with Gasteiger partial charge < -0.3 is 19.0 Å². The highest BCUT2D eigenvalue weighted by molar-refractivity contribution is 7.88. The van der Waals surface area contributed by atoms with E-state index in [9.17, 15) is 12.8 Å². The summed E-state index contributed by atoms with van der Waals surface area (Å²) in [5, 5.41) is 7.70. The minimum Gasteiger partial charge on any atom is -0.471 e. The summed E-state index contributed by atoms with van der Waals surface area (Å²) in [7, 11) is -3.22. The number of sulfonamides is 1. The lowest BCUT2D eigenvalue weighted by Gasteiger charge is -2.34. The van der Waals surface area contributed by atoms with Crippen LogP contribution in [0.2, 0.25) is 0 Å². The van der Waals surface area contributed by atoms with E-state index in [2.05, 4.69) is 10.3 Å². The van der Waals surface area contributed by atoms with Crippen molar-refractivity contribution in [2.24, 2.45) is 5.16 Å². The zero-order valence-corrected chi connectivity index (χ0v) is 16.6. The van der Waals surface area contributed by atoms with Crippen molar-refractivity contribution in [2.45, 2.75) is 12.5 Å². The number of ether oxygens (including phenoxy) is 1. The van der Waals surface area contributed by atoms with Gasteiger partial charge in [-0.3, -0.25) is 0 Å². The molecule has 2 aliphatic heterocycles. The van der Waals surface area contributed by atoms with Gasteiger partial charge in [0.1, 0.15) is 18.7 Å². The van der Waals surface area contributed by atoms with Gasteiger partial charge in [-0.15, -0.1) is 0 Å². The number of oxime groups is 1. The third kappa shape index (κ3) is 4.51. The van der Waals surface area contributed by atoms with E-state index >= 15 is 0 Å². The number of nitrogens with zero attached hydrogens (tertiary/aromatic N) is 4. The van der Waals surface area contributed by atoms with Crippen LogP contribution in [0.4, 0.5) is 10.1 Å². The molecule has 4 rings (SSSR count). The van der Waals surface area contributed by atoms with Crippen LogP contribution < -0.4 is 9.64 Å². The Morgan fingerprint density at radius 2 is 2.03 bits per heavy atom. The second-order valence-corrected chi connectivity index (χ2v) is 8.92. The lowest BCUT2D eigenvalue weighted by atomic mass is 10.0. The third-order valence-electron chi connectivity index (χ3n) is 4.89. The van der Waals surface area contributed by atoms with Gasteiger partial charge in [-0.2, -0.15) is 4.31 Å². The monoisotopic (exact) mass is 424 g/mol. The molecular formula is C18H21FN4O5S. The summed E-state index contributed by atoms with van der Waals surface area (Å²) in [5.74, 6) is -0.00581. The molecule has 0 radical (unpaired) electrons. The zero-order valence-electron chi connectivity index (χ0n) is 15.8. The van der Waals surface area contributed by atoms with Crippen molar-refractivity contribution in [1.82, 2.24) is 9.46 Å². The van der Waals surface area contributed by atoms with Crippen molar-refractivity contribution in [2.75, 3.05) is 43.9 Å². The smallest absolute Gasteiger partial charge is 0.254 e. The largest absolute Gasteiger partial charge is 0.471 e. The molecule has 9 nitrogen and oxygen atoms in total.